The minimum Gasteiger partial charge on any atom is -0.333 e. The lowest BCUT2D eigenvalue weighted by Crippen LogP contribution is -2.21. The van der Waals surface area contributed by atoms with Gasteiger partial charge in [0.2, 0.25) is 0 Å². The summed E-state index contributed by atoms with van der Waals surface area (Å²) in [5.41, 5.74) is 7.20. The second-order valence-corrected chi connectivity index (χ2v) is 5.32. The first-order valence-corrected chi connectivity index (χ1v) is 6.55. The molecule has 1 aliphatic rings. The first-order chi connectivity index (χ1) is 7.83. The molecule has 1 aliphatic heterocycles. The van der Waals surface area contributed by atoms with Crippen LogP contribution in [0.3, 0.4) is 0 Å². The second kappa shape index (κ2) is 4.03. The van der Waals surface area contributed by atoms with Crippen LogP contribution in [0.2, 0.25) is 0 Å². The molecule has 2 aromatic rings. The third-order valence-corrected chi connectivity index (χ3v) is 3.91. The molecule has 1 unspecified atom stereocenters. The summed E-state index contributed by atoms with van der Waals surface area (Å²) >= 11 is 1.78. The number of imidazole rings is 1. The fourth-order valence-electron chi connectivity index (χ4n) is 2.25. The molecule has 3 rings (SSSR count). The van der Waals surface area contributed by atoms with E-state index in [1.807, 2.05) is 0 Å². The van der Waals surface area contributed by atoms with Crippen molar-refractivity contribution < 1.29 is 0 Å². The molecular formula is C12H15N3S. The third-order valence-electron chi connectivity index (χ3n) is 3.04. The summed E-state index contributed by atoms with van der Waals surface area (Å²) in [7, 11) is 0. The molecule has 84 valence electrons. The first-order valence-electron chi connectivity index (χ1n) is 5.67. The summed E-state index contributed by atoms with van der Waals surface area (Å²) < 4.78 is 2.22. The number of aromatic nitrogens is 2. The van der Waals surface area contributed by atoms with Crippen LogP contribution in [-0.4, -0.2) is 9.55 Å². The molecule has 1 atom stereocenters. The Morgan fingerprint density at radius 2 is 2.50 bits per heavy atom. The highest BCUT2D eigenvalue weighted by Gasteiger charge is 2.19. The molecule has 0 fully saturated rings. The Morgan fingerprint density at radius 1 is 1.56 bits per heavy atom. The molecule has 4 heteroatoms. The third kappa shape index (κ3) is 1.79. The van der Waals surface area contributed by atoms with Crippen LogP contribution in [0.15, 0.2) is 23.7 Å². The van der Waals surface area contributed by atoms with E-state index in [0.717, 1.165) is 30.9 Å². The van der Waals surface area contributed by atoms with Gasteiger partial charge < -0.3 is 10.3 Å². The van der Waals surface area contributed by atoms with Crippen molar-refractivity contribution in [2.24, 2.45) is 5.73 Å². The van der Waals surface area contributed by atoms with Crippen LogP contribution in [0.4, 0.5) is 0 Å². The maximum atomic E-state index is 6.05. The lowest BCUT2D eigenvalue weighted by molar-refractivity contribution is 0.451. The lowest BCUT2D eigenvalue weighted by atomic mass is 10.1. The highest BCUT2D eigenvalue weighted by molar-refractivity contribution is 7.09. The summed E-state index contributed by atoms with van der Waals surface area (Å²) in [6.07, 6.45) is 5.33. The Morgan fingerprint density at radius 3 is 3.25 bits per heavy atom. The molecule has 3 nitrogen and oxygen atoms in total. The monoisotopic (exact) mass is 233 g/mol. The van der Waals surface area contributed by atoms with Crippen LogP contribution in [0.5, 0.6) is 0 Å². The molecule has 16 heavy (non-hydrogen) atoms. The van der Waals surface area contributed by atoms with Gasteiger partial charge >= 0.3 is 0 Å². The summed E-state index contributed by atoms with van der Waals surface area (Å²) in [5.74, 6) is 1.07. The summed E-state index contributed by atoms with van der Waals surface area (Å²) in [6, 6.07) is 4.37. The van der Waals surface area contributed by atoms with Crippen molar-refractivity contribution in [1.29, 1.82) is 0 Å². The van der Waals surface area contributed by atoms with Gasteiger partial charge in [-0.15, -0.1) is 11.3 Å². The smallest absolute Gasteiger partial charge is 0.125 e. The van der Waals surface area contributed by atoms with E-state index < -0.39 is 0 Å². The van der Waals surface area contributed by atoms with Crippen molar-refractivity contribution in [2.75, 3.05) is 0 Å². The van der Waals surface area contributed by atoms with Crippen LogP contribution in [0.1, 0.15) is 35.3 Å². The van der Waals surface area contributed by atoms with Crippen LogP contribution in [0.25, 0.3) is 0 Å². The van der Waals surface area contributed by atoms with E-state index >= 15 is 0 Å². The first kappa shape index (κ1) is 10.1. The molecule has 2 N–H and O–H groups in total. The highest BCUT2D eigenvalue weighted by atomic mass is 32.1. The molecule has 3 heterocycles. The molecule has 2 aromatic heterocycles. The number of nitrogens with two attached hydrogens (primary N) is 1. The van der Waals surface area contributed by atoms with E-state index in [2.05, 4.69) is 33.3 Å². The number of hydrogen-bond donors (Lipinski definition) is 1. The molecule has 0 aliphatic carbocycles. The normalized spacial score (nSPS) is 19.7. The fraction of sp³-hybridized carbons (Fsp3) is 0.417. The average molecular weight is 233 g/mol. The minimum absolute atomic E-state index is 0.130. The van der Waals surface area contributed by atoms with Gasteiger partial charge in [-0.25, -0.2) is 4.98 Å². The largest absolute Gasteiger partial charge is 0.333 e. The van der Waals surface area contributed by atoms with Crippen LogP contribution < -0.4 is 5.73 Å². The molecule has 0 saturated heterocycles. The zero-order valence-electron chi connectivity index (χ0n) is 9.10. The molecule has 0 saturated carbocycles. The maximum Gasteiger partial charge on any atom is 0.125 e. The van der Waals surface area contributed by atoms with Gasteiger partial charge in [0.25, 0.3) is 0 Å². The molecule has 0 spiro atoms. The second-order valence-electron chi connectivity index (χ2n) is 4.29. The van der Waals surface area contributed by atoms with Crippen LogP contribution in [0, 0.1) is 0 Å². The van der Waals surface area contributed by atoms with E-state index in [4.69, 9.17) is 5.73 Å². The Kier molecular flexibility index (Phi) is 2.53. The predicted octanol–water partition coefficient (Wildman–Crippen LogP) is 2.33. The molecule has 0 radical (unpaired) electrons. The quantitative estimate of drug-likeness (QED) is 0.865. The lowest BCUT2D eigenvalue weighted by Gasteiger charge is -2.19. The zero-order valence-corrected chi connectivity index (χ0v) is 9.91. The SMILES string of the molecule is NC1CCCn2cc(Cc3cccs3)nc21. The van der Waals surface area contributed by atoms with Gasteiger partial charge in [0.15, 0.2) is 0 Å². The van der Waals surface area contributed by atoms with Crippen molar-refractivity contribution in [2.45, 2.75) is 31.8 Å². The van der Waals surface area contributed by atoms with Crippen molar-refractivity contribution in [3.8, 4) is 0 Å². The number of aryl methyl sites for hydroxylation is 1. The number of nitrogens with zero attached hydrogens (tertiary/aromatic N) is 2. The molecule has 0 aromatic carbocycles. The summed E-state index contributed by atoms with van der Waals surface area (Å²) in [6.45, 7) is 1.07. The van der Waals surface area contributed by atoms with Gasteiger partial charge in [-0.1, -0.05) is 6.07 Å². The van der Waals surface area contributed by atoms with Gasteiger partial charge in [0.05, 0.1) is 11.7 Å². The Balaban J connectivity index is 1.87. The summed E-state index contributed by atoms with van der Waals surface area (Å²) in [4.78, 5) is 6.02. The highest BCUT2D eigenvalue weighted by Crippen LogP contribution is 2.23. The topological polar surface area (TPSA) is 43.8 Å². The van der Waals surface area contributed by atoms with Crippen molar-refractivity contribution in [1.82, 2.24) is 9.55 Å². The van der Waals surface area contributed by atoms with E-state index in [0.29, 0.717) is 0 Å². The Hall–Kier alpha value is -1.13. The van der Waals surface area contributed by atoms with Gasteiger partial charge in [-0.2, -0.15) is 0 Å². The van der Waals surface area contributed by atoms with Crippen LogP contribution >= 0.6 is 11.3 Å². The standard InChI is InChI=1S/C12H15N3S/c13-11-4-1-5-15-8-9(14-12(11)15)7-10-3-2-6-16-10/h2-3,6,8,11H,1,4-5,7,13H2. The van der Waals surface area contributed by atoms with E-state index in [1.54, 1.807) is 11.3 Å². The Bertz CT molecular complexity index is 472. The van der Waals surface area contributed by atoms with Crippen molar-refractivity contribution >= 4 is 11.3 Å². The van der Waals surface area contributed by atoms with Gasteiger partial charge in [0.1, 0.15) is 5.82 Å². The molecule has 0 amide bonds. The zero-order chi connectivity index (χ0) is 11.0. The van der Waals surface area contributed by atoms with E-state index in [-0.39, 0.29) is 6.04 Å². The molecule has 0 bridgehead atoms. The van der Waals surface area contributed by atoms with Crippen LogP contribution in [-0.2, 0) is 13.0 Å². The maximum absolute atomic E-state index is 6.05. The number of thiophene rings is 1. The van der Waals surface area contributed by atoms with Crippen molar-refractivity contribution in [3.05, 3.63) is 40.1 Å². The number of fused-ring (bicyclic) bond motifs is 1. The number of rotatable bonds is 2. The average Bonchev–Trinajstić information content (AvgIpc) is 2.88. The number of hydrogen-bond acceptors (Lipinski definition) is 3. The fourth-order valence-corrected chi connectivity index (χ4v) is 2.97. The predicted molar refractivity (Wildman–Crippen MR) is 65.5 cm³/mol. The van der Waals surface area contributed by atoms with Gasteiger partial charge in [0, 0.05) is 24.0 Å². The van der Waals surface area contributed by atoms with Gasteiger partial charge in [-0.05, 0) is 24.3 Å². The summed E-state index contributed by atoms with van der Waals surface area (Å²) in [5, 5.41) is 2.11. The van der Waals surface area contributed by atoms with Gasteiger partial charge in [-0.3, -0.25) is 0 Å². The van der Waals surface area contributed by atoms with Crippen molar-refractivity contribution in [3.63, 3.8) is 0 Å². The van der Waals surface area contributed by atoms with E-state index in [1.165, 1.54) is 11.3 Å². The van der Waals surface area contributed by atoms with E-state index in [9.17, 15) is 0 Å². The molecular weight excluding hydrogens is 218 g/mol. The Labute approximate surface area is 98.9 Å². The minimum atomic E-state index is 0.130.